The minimum atomic E-state index is -0.194. The molecule has 0 heterocycles. The summed E-state index contributed by atoms with van der Waals surface area (Å²) < 4.78 is 13.4. The Morgan fingerprint density at radius 1 is 1.31 bits per heavy atom. The Morgan fingerprint density at radius 3 is 2.75 bits per heavy atom. The molecule has 0 bridgehead atoms. The number of hydrogen-bond donors (Lipinski definition) is 1. The molecule has 2 rings (SSSR count). The summed E-state index contributed by atoms with van der Waals surface area (Å²) in [6.45, 7) is 0.811. The molecular weight excluding hydrogens is 225 g/mol. The number of hydrogen-bond acceptors (Lipinski definition) is 1. The molecule has 1 aliphatic rings. The molecule has 1 fully saturated rings. The van der Waals surface area contributed by atoms with E-state index >= 15 is 0 Å². The average molecular weight is 242 g/mol. The monoisotopic (exact) mass is 241 g/mol. The normalized spacial score (nSPS) is 16.9. The summed E-state index contributed by atoms with van der Waals surface area (Å²) in [5, 5.41) is 3.99. The Balaban J connectivity index is 1.84. The fourth-order valence-corrected chi connectivity index (χ4v) is 2.56. The Morgan fingerprint density at radius 2 is 2.06 bits per heavy atom. The van der Waals surface area contributed by atoms with Gasteiger partial charge in [-0.3, -0.25) is 0 Å². The molecule has 1 aromatic carbocycles. The van der Waals surface area contributed by atoms with E-state index in [1.54, 1.807) is 12.1 Å². The van der Waals surface area contributed by atoms with Gasteiger partial charge >= 0.3 is 0 Å². The van der Waals surface area contributed by atoms with Gasteiger partial charge in [-0.05, 0) is 37.9 Å². The molecule has 16 heavy (non-hydrogen) atoms. The molecule has 0 atom stereocenters. The zero-order valence-electron chi connectivity index (χ0n) is 9.31. The van der Waals surface area contributed by atoms with Gasteiger partial charge in [-0.15, -0.1) is 0 Å². The van der Waals surface area contributed by atoms with Crippen LogP contribution < -0.4 is 5.32 Å². The third-order valence-electron chi connectivity index (χ3n) is 3.22. The maximum absolute atomic E-state index is 13.4. The van der Waals surface area contributed by atoms with Crippen molar-refractivity contribution in [1.82, 2.24) is 5.32 Å². The molecule has 0 radical (unpaired) electrons. The molecular formula is C13H17ClFN. The van der Waals surface area contributed by atoms with Crippen LogP contribution in [0.1, 0.15) is 31.2 Å². The maximum Gasteiger partial charge on any atom is 0.127 e. The van der Waals surface area contributed by atoms with Crippen molar-refractivity contribution in [1.29, 1.82) is 0 Å². The van der Waals surface area contributed by atoms with E-state index in [0.29, 0.717) is 23.0 Å². The van der Waals surface area contributed by atoms with Gasteiger partial charge in [-0.1, -0.05) is 30.5 Å². The van der Waals surface area contributed by atoms with Crippen molar-refractivity contribution in [2.24, 2.45) is 0 Å². The van der Waals surface area contributed by atoms with Crippen LogP contribution in [-0.2, 0) is 6.42 Å². The van der Waals surface area contributed by atoms with E-state index in [1.165, 1.54) is 31.7 Å². The molecule has 1 nitrogen and oxygen atoms in total. The lowest BCUT2D eigenvalue weighted by molar-refractivity contribution is 0.520. The van der Waals surface area contributed by atoms with Gasteiger partial charge in [0.15, 0.2) is 0 Å². The minimum absolute atomic E-state index is 0.194. The Hall–Kier alpha value is -0.600. The molecule has 0 amide bonds. The molecule has 0 saturated heterocycles. The van der Waals surface area contributed by atoms with Gasteiger partial charge < -0.3 is 5.32 Å². The Bertz CT molecular complexity index is 328. The van der Waals surface area contributed by atoms with Crippen molar-refractivity contribution in [3.63, 3.8) is 0 Å². The second kappa shape index (κ2) is 5.65. The zero-order valence-corrected chi connectivity index (χ0v) is 10.1. The third kappa shape index (κ3) is 2.96. The summed E-state index contributed by atoms with van der Waals surface area (Å²) in [4.78, 5) is 0. The number of nitrogens with one attached hydrogen (secondary N) is 1. The average Bonchev–Trinajstić information content (AvgIpc) is 2.75. The maximum atomic E-state index is 13.4. The minimum Gasteiger partial charge on any atom is -0.314 e. The highest BCUT2D eigenvalue weighted by Gasteiger charge is 2.14. The van der Waals surface area contributed by atoms with E-state index in [1.807, 2.05) is 0 Å². The van der Waals surface area contributed by atoms with Crippen molar-refractivity contribution in [2.75, 3.05) is 6.54 Å². The van der Waals surface area contributed by atoms with Gasteiger partial charge in [-0.2, -0.15) is 0 Å². The Labute approximate surface area is 101 Å². The van der Waals surface area contributed by atoms with Crippen LogP contribution in [0.3, 0.4) is 0 Å². The highest BCUT2D eigenvalue weighted by atomic mass is 35.5. The summed E-state index contributed by atoms with van der Waals surface area (Å²) in [7, 11) is 0. The molecule has 88 valence electrons. The van der Waals surface area contributed by atoms with Crippen LogP contribution in [0.5, 0.6) is 0 Å². The highest BCUT2D eigenvalue weighted by molar-refractivity contribution is 6.31. The molecule has 1 saturated carbocycles. The molecule has 1 aliphatic carbocycles. The zero-order chi connectivity index (χ0) is 11.4. The van der Waals surface area contributed by atoms with Crippen LogP contribution in [0, 0.1) is 5.82 Å². The topological polar surface area (TPSA) is 12.0 Å². The number of benzene rings is 1. The van der Waals surface area contributed by atoms with Gasteiger partial charge in [0.25, 0.3) is 0 Å². The van der Waals surface area contributed by atoms with Gasteiger partial charge in [-0.25, -0.2) is 4.39 Å². The van der Waals surface area contributed by atoms with Crippen LogP contribution in [0.15, 0.2) is 18.2 Å². The lowest BCUT2D eigenvalue weighted by Gasteiger charge is -2.12. The second-order valence-corrected chi connectivity index (χ2v) is 4.79. The van der Waals surface area contributed by atoms with E-state index in [4.69, 9.17) is 11.6 Å². The van der Waals surface area contributed by atoms with Crippen molar-refractivity contribution < 1.29 is 4.39 Å². The van der Waals surface area contributed by atoms with Gasteiger partial charge in [0, 0.05) is 16.6 Å². The molecule has 1 aromatic rings. The first-order chi connectivity index (χ1) is 7.77. The van der Waals surface area contributed by atoms with Crippen molar-refractivity contribution in [3.8, 4) is 0 Å². The molecule has 0 aliphatic heterocycles. The van der Waals surface area contributed by atoms with E-state index in [9.17, 15) is 4.39 Å². The summed E-state index contributed by atoms with van der Waals surface area (Å²) in [6, 6.07) is 5.49. The molecule has 3 heteroatoms. The Kier molecular flexibility index (Phi) is 4.19. The third-order valence-corrected chi connectivity index (χ3v) is 3.58. The first-order valence-electron chi connectivity index (χ1n) is 5.93. The summed E-state index contributed by atoms with van der Waals surface area (Å²) >= 11 is 5.96. The number of halogens is 2. The molecule has 0 unspecified atom stereocenters. The number of rotatable bonds is 4. The highest BCUT2D eigenvalue weighted by Crippen LogP contribution is 2.20. The van der Waals surface area contributed by atoms with E-state index in [-0.39, 0.29) is 5.82 Å². The predicted molar refractivity (Wildman–Crippen MR) is 65.4 cm³/mol. The quantitative estimate of drug-likeness (QED) is 0.850. The van der Waals surface area contributed by atoms with Crippen LogP contribution >= 0.6 is 11.6 Å². The molecule has 0 aromatic heterocycles. The second-order valence-electron chi connectivity index (χ2n) is 4.39. The lowest BCUT2D eigenvalue weighted by atomic mass is 10.1. The van der Waals surface area contributed by atoms with Gasteiger partial charge in [0.05, 0.1) is 0 Å². The summed E-state index contributed by atoms with van der Waals surface area (Å²) in [5.74, 6) is -0.194. The molecule has 1 N–H and O–H groups in total. The smallest absolute Gasteiger partial charge is 0.127 e. The fraction of sp³-hybridized carbons (Fsp3) is 0.538. The summed E-state index contributed by atoms with van der Waals surface area (Å²) in [6.07, 6.45) is 5.81. The predicted octanol–water partition coefficient (Wildman–Crippen LogP) is 3.55. The van der Waals surface area contributed by atoms with Crippen molar-refractivity contribution in [2.45, 2.75) is 38.1 Å². The van der Waals surface area contributed by atoms with E-state index in [0.717, 1.165) is 6.54 Å². The van der Waals surface area contributed by atoms with Crippen LogP contribution in [0.4, 0.5) is 4.39 Å². The van der Waals surface area contributed by atoms with Crippen molar-refractivity contribution >= 4 is 11.6 Å². The van der Waals surface area contributed by atoms with Crippen LogP contribution in [0.2, 0.25) is 5.02 Å². The van der Waals surface area contributed by atoms with Gasteiger partial charge in [0.1, 0.15) is 5.82 Å². The summed E-state index contributed by atoms with van der Waals surface area (Å²) in [5.41, 5.74) is 0.634. The largest absolute Gasteiger partial charge is 0.314 e. The van der Waals surface area contributed by atoms with Crippen molar-refractivity contribution in [3.05, 3.63) is 34.6 Å². The SMILES string of the molecule is Fc1cccc(Cl)c1CCNC1CCCC1. The van der Waals surface area contributed by atoms with Gasteiger partial charge in [0.2, 0.25) is 0 Å². The lowest BCUT2D eigenvalue weighted by Crippen LogP contribution is -2.28. The first-order valence-corrected chi connectivity index (χ1v) is 6.31. The van der Waals surface area contributed by atoms with Crippen LogP contribution in [-0.4, -0.2) is 12.6 Å². The van der Waals surface area contributed by atoms with E-state index < -0.39 is 0 Å². The standard InChI is InChI=1S/C13H17ClFN/c14-12-6-3-7-13(15)11(12)8-9-16-10-4-1-2-5-10/h3,6-7,10,16H,1-2,4-5,8-9H2. The molecule has 0 spiro atoms. The van der Waals surface area contributed by atoms with Crippen LogP contribution in [0.25, 0.3) is 0 Å². The fourth-order valence-electron chi connectivity index (χ4n) is 2.30. The first kappa shape index (κ1) is 11.9. The van der Waals surface area contributed by atoms with E-state index in [2.05, 4.69) is 5.32 Å².